The van der Waals surface area contributed by atoms with Gasteiger partial charge in [-0.3, -0.25) is 9.69 Å². The van der Waals surface area contributed by atoms with Gasteiger partial charge in [0.15, 0.2) is 11.5 Å². The number of rotatable bonds is 6. The van der Waals surface area contributed by atoms with E-state index in [0.29, 0.717) is 18.0 Å². The first-order chi connectivity index (χ1) is 12.2. The number of ether oxygens (including phenoxy) is 2. The molecule has 0 saturated heterocycles. The van der Waals surface area contributed by atoms with Gasteiger partial charge in [0.05, 0.1) is 27.0 Å². The van der Waals surface area contributed by atoms with Crippen LogP contribution in [0.1, 0.15) is 16.0 Å². The van der Waals surface area contributed by atoms with Crippen molar-refractivity contribution in [2.75, 3.05) is 27.3 Å². The van der Waals surface area contributed by atoms with Gasteiger partial charge in [0, 0.05) is 18.0 Å². The SMILES string of the molecule is COc1ccc(/C=N/NC(=O)CN2CCc3sccc3C2)cc1OC. The fourth-order valence-corrected chi connectivity index (χ4v) is 3.68. The Morgan fingerprint density at radius 3 is 2.96 bits per heavy atom. The molecule has 0 radical (unpaired) electrons. The third-order valence-electron chi connectivity index (χ3n) is 4.06. The van der Waals surface area contributed by atoms with Crippen molar-refractivity contribution in [2.45, 2.75) is 13.0 Å². The molecule has 1 aromatic heterocycles. The first-order valence-electron chi connectivity index (χ1n) is 8.01. The van der Waals surface area contributed by atoms with Gasteiger partial charge >= 0.3 is 0 Å². The van der Waals surface area contributed by atoms with E-state index in [9.17, 15) is 4.79 Å². The zero-order valence-corrected chi connectivity index (χ0v) is 15.1. The summed E-state index contributed by atoms with van der Waals surface area (Å²) in [5, 5.41) is 6.14. The fourth-order valence-electron chi connectivity index (χ4n) is 2.79. The van der Waals surface area contributed by atoms with Crippen molar-refractivity contribution in [3.05, 3.63) is 45.6 Å². The molecule has 1 aliphatic rings. The summed E-state index contributed by atoms with van der Waals surface area (Å²) in [5.74, 6) is 1.16. The van der Waals surface area contributed by atoms with Crippen LogP contribution in [0.2, 0.25) is 0 Å². The van der Waals surface area contributed by atoms with Crippen LogP contribution in [0.4, 0.5) is 0 Å². The molecule has 7 heteroatoms. The monoisotopic (exact) mass is 359 g/mol. The van der Waals surface area contributed by atoms with E-state index < -0.39 is 0 Å². The van der Waals surface area contributed by atoms with Crippen LogP contribution in [0.25, 0.3) is 0 Å². The lowest BCUT2D eigenvalue weighted by atomic mass is 10.1. The molecule has 0 unspecified atom stereocenters. The maximum absolute atomic E-state index is 12.1. The lowest BCUT2D eigenvalue weighted by Gasteiger charge is -2.25. The Hall–Kier alpha value is -2.38. The Bertz CT molecular complexity index is 773. The third-order valence-corrected chi connectivity index (χ3v) is 5.09. The van der Waals surface area contributed by atoms with Crippen molar-refractivity contribution in [1.82, 2.24) is 10.3 Å². The van der Waals surface area contributed by atoms with E-state index in [4.69, 9.17) is 9.47 Å². The second kappa shape index (κ2) is 8.13. The minimum Gasteiger partial charge on any atom is -0.493 e. The summed E-state index contributed by atoms with van der Waals surface area (Å²) in [5.41, 5.74) is 4.73. The molecule has 6 nitrogen and oxygen atoms in total. The van der Waals surface area contributed by atoms with Crippen LogP contribution in [0.15, 0.2) is 34.7 Å². The van der Waals surface area contributed by atoms with E-state index in [1.54, 1.807) is 43.9 Å². The highest BCUT2D eigenvalue weighted by Crippen LogP contribution is 2.27. The molecule has 0 fully saturated rings. The number of carbonyl (C=O) groups is 1. The molecule has 1 aliphatic heterocycles. The molecule has 3 rings (SSSR count). The average Bonchev–Trinajstić information content (AvgIpc) is 3.09. The summed E-state index contributed by atoms with van der Waals surface area (Å²) in [6, 6.07) is 7.59. The van der Waals surface area contributed by atoms with E-state index in [1.165, 1.54) is 10.4 Å². The lowest BCUT2D eigenvalue weighted by Crippen LogP contribution is -2.38. The first kappa shape index (κ1) is 17.4. The largest absolute Gasteiger partial charge is 0.493 e. The van der Waals surface area contributed by atoms with Gasteiger partial charge in [0.1, 0.15) is 0 Å². The zero-order valence-electron chi connectivity index (χ0n) is 14.3. The van der Waals surface area contributed by atoms with Gasteiger partial charge in [-0.1, -0.05) is 0 Å². The van der Waals surface area contributed by atoms with Crippen LogP contribution in [-0.2, 0) is 17.8 Å². The smallest absolute Gasteiger partial charge is 0.254 e. The Kier molecular flexibility index (Phi) is 5.67. The number of amides is 1. The van der Waals surface area contributed by atoms with Crippen molar-refractivity contribution >= 4 is 23.5 Å². The van der Waals surface area contributed by atoms with E-state index in [1.807, 2.05) is 6.07 Å². The molecule has 132 valence electrons. The molecule has 0 atom stereocenters. The number of methoxy groups -OCH3 is 2. The number of nitrogens with one attached hydrogen (secondary N) is 1. The van der Waals surface area contributed by atoms with Crippen molar-refractivity contribution in [3.8, 4) is 11.5 Å². The number of thiophene rings is 1. The molecule has 0 bridgehead atoms. The number of hydrogen-bond acceptors (Lipinski definition) is 6. The molecule has 25 heavy (non-hydrogen) atoms. The van der Waals surface area contributed by atoms with E-state index in [2.05, 4.69) is 26.9 Å². The molecule has 0 spiro atoms. The van der Waals surface area contributed by atoms with Gasteiger partial charge in [0.25, 0.3) is 5.91 Å². The first-order valence-corrected chi connectivity index (χ1v) is 8.89. The normalized spacial score (nSPS) is 14.3. The molecule has 0 aliphatic carbocycles. The average molecular weight is 359 g/mol. The van der Waals surface area contributed by atoms with Gasteiger partial charge in [-0.25, -0.2) is 5.43 Å². The summed E-state index contributed by atoms with van der Waals surface area (Å²) >= 11 is 1.79. The number of benzene rings is 1. The number of nitrogens with zero attached hydrogens (tertiary/aromatic N) is 2. The number of fused-ring (bicyclic) bond motifs is 1. The van der Waals surface area contributed by atoms with Crippen LogP contribution in [0, 0.1) is 0 Å². The highest BCUT2D eigenvalue weighted by Gasteiger charge is 2.18. The standard InChI is InChI=1S/C18H21N3O3S/c1-23-15-4-3-13(9-16(15)24-2)10-19-20-18(22)12-21-7-5-17-14(11-21)6-8-25-17/h3-4,6,8-10H,5,7,11-12H2,1-2H3,(H,20,22)/b19-10+. The predicted molar refractivity (Wildman–Crippen MR) is 98.6 cm³/mol. The highest BCUT2D eigenvalue weighted by molar-refractivity contribution is 7.10. The van der Waals surface area contributed by atoms with Crippen LogP contribution in [-0.4, -0.2) is 44.3 Å². The van der Waals surface area contributed by atoms with Crippen molar-refractivity contribution in [2.24, 2.45) is 5.10 Å². The van der Waals surface area contributed by atoms with E-state index >= 15 is 0 Å². The van der Waals surface area contributed by atoms with Crippen molar-refractivity contribution in [1.29, 1.82) is 0 Å². The zero-order chi connectivity index (χ0) is 17.6. The highest BCUT2D eigenvalue weighted by atomic mass is 32.1. The topological polar surface area (TPSA) is 63.2 Å². The molecule has 1 N–H and O–H groups in total. The fraction of sp³-hybridized carbons (Fsp3) is 0.333. The Morgan fingerprint density at radius 2 is 2.16 bits per heavy atom. The maximum Gasteiger partial charge on any atom is 0.254 e. The minimum absolute atomic E-state index is 0.115. The van der Waals surface area contributed by atoms with Crippen LogP contribution in [0.5, 0.6) is 11.5 Å². The predicted octanol–water partition coefficient (Wildman–Crippen LogP) is 2.27. The molecule has 2 heterocycles. The minimum atomic E-state index is -0.115. The second-order valence-corrected chi connectivity index (χ2v) is 6.74. The molecule has 1 amide bonds. The van der Waals surface area contributed by atoms with Crippen molar-refractivity contribution in [3.63, 3.8) is 0 Å². The molecular formula is C18H21N3O3S. The van der Waals surface area contributed by atoms with Crippen LogP contribution < -0.4 is 14.9 Å². The van der Waals surface area contributed by atoms with Gasteiger partial charge in [-0.2, -0.15) is 5.10 Å². The van der Waals surface area contributed by atoms with Gasteiger partial charge < -0.3 is 9.47 Å². The van der Waals surface area contributed by atoms with Gasteiger partial charge in [-0.05, 0) is 47.2 Å². The van der Waals surface area contributed by atoms with Crippen LogP contribution in [0.3, 0.4) is 0 Å². The maximum atomic E-state index is 12.1. The quantitative estimate of drug-likeness (QED) is 0.635. The van der Waals surface area contributed by atoms with Crippen LogP contribution >= 0.6 is 11.3 Å². The molecular weight excluding hydrogens is 338 g/mol. The lowest BCUT2D eigenvalue weighted by molar-refractivity contribution is -0.122. The summed E-state index contributed by atoms with van der Waals surface area (Å²) in [4.78, 5) is 15.6. The Balaban J connectivity index is 1.51. The molecule has 0 saturated carbocycles. The summed E-state index contributed by atoms with van der Waals surface area (Å²) in [6.07, 6.45) is 2.60. The number of hydrazone groups is 1. The summed E-state index contributed by atoms with van der Waals surface area (Å²) in [7, 11) is 3.17. The summed E-state index contributed by atoms with van der Waals surface area (Å²) in [6.45, 7) is 2.07. The number of hydrogen-bond donors (Lipinski definition) is 1. The molecule has 2 aromatic rings. The number of carbonyl (C=O) groups excluding carboxylic acids is 1. The Labute approximate surface area is 151 Å². The van der Waals surface area contributed by atoms with Crippen molar-refractivity contribution < 1.29 is 14.3 Å². The molecule has 1 aromatic carbocycles. The van der Waals surface area contributed by atoms with Gasteiger partial charge in [0.2, 0.25) is 0 Å². The Morgan fingerprint density at radius 1 is 1.32 bits per heavy atom. The van der Waals surface area contributed by atoms with E-state index in [-0.39, 0.29) is 5.91 Å². The summed E-state index contributed by atoms with van der Waals surface area (Å²) < 4.78 is 10.4. The second-order valence-electron chi connectivity index (χ2n) is 5.74. The third kappa shape index (κ3) is 4.37. The van der Waals surface area contributed by atoms with E-state index in [0.717, 1.165) is 25.1 Å². The van der Waals surface area contributed by atoms with Gasteiger partial charge in [-0.15, -0.1) is 11.3 Å².